The lowest BCUT2D eigenvalue weighted by Crippen LogP contribution is -2.63. The van der Waals surface area contributed by atoms with Gasteiger partial charge in [-0.1, -0.05) is 12.1 Å². The van der Waals surface area contributed by atoms with Crippen LogP contribution in [0.2, 0.25) is 19.6 Å². The van der Waals surface area contributed by atoms with Gasteiger partial charge >= 0.3 is 12.1 Å². The van der Waals surface area contributed by atoms with E-state index < -0.39 is 25.3 Å². The van der Waals surface area contributed by atoms with Crippen LogP contribution in [0.1, 0.15) is 24.5 Å². The molecule has 1 saturated heterocycles. The van der Waals surface area contributed by atoms with Gasteiger partial charge in [-0.15, -0.1) is 0 Å². The Balaban J connectivity index is 1.59. The van der Waals surface area contributed by atoms with Crippen molar-refractivity contribution in [3.8, 4) is 5.75 Å². The first kappa shape index (κ1) is 28.0. The summed E-state index contributed by atoms with van der Waals surface area (Å²) in [6.07, 6.45) is -0.467. The Hall–Kier alpha value is -4.03. The van der Waals surface area contributed by atoms with E-state index in [4.69, 9.17) is 13.9 Å². The SMILES string of the molecule is CNC(=O)Oc1ccc(C2=C(C(=O)OCc3ccc([N+](=O)[O-])cc3)N3C(=O)[C@H]([C@@H](C)O[Si](C)(C)C)[C@H]3C2)cc1. The topological polar surface area (TPSA) is 137 Å². The van der Waals surface area contributed by atoms with E-state index in [2.05, 4.69) is 25.0 Å². The number of ether oxygens (including phenoxy) is 2. The van der Waals surface area contributed by atoms with Gasteiger partial charge in [-0.05, 0) is 74.0 Å². The minimum Gasteiger partial charge on any atom is -0.456 e. The minimum atomic E-state index is -1.91. The van der Waals surface area contributed by atoms with Crippen LogP contribution in [0.3, 0.4) is 0 Å². The van der Waals surface area contributed by atoms with E-state index in [1.165, 1.54) is 36.2 Å². The molecule has 2 amide bonds. The van der Waals surface area contributed by atoms with Crippen LogP contribution in [0.25, 0.3) is 5.57 Å². The van der Waals surface area contributed by atoms with E-state index in [-0.39, 0.29) is 42.0 Å². The predicted octanol–water partition coefficient (Wildman–Crippen LogP) is 4.24. The van der Waals surface area contributed by atoms with Crippen LogP contribution in [-0.4, -0.2) is 55.3 Å². The van der Waals surface area contributed by atoms with Gasteiger partial charge in [0.15, 0.2) is 8.32 Å². The smallest absolute Gasteiger partial charge is 0.412 e. The Bertz CT molecular complexity index is 1320. The van der Waals surface area contributed by atoms with Crippen LogP contribution in [0.15, 0.2) is 54.2 Å². The Morgan fingerprint density at radius 3 is 2.33 bits per heavy atom. The van der Waals surface area contributed by atoms with Gasteiger partial charge < -0.3 is 24.1 Å². The van der Waals surface area contributed by atoms with Gasteiger partial charge in [-0.2, -0.15) is 0 Å². The number of fused-ring (bicyclic) bond motifs is 1. The molecule has 39 heavy (non-hydrogen) atoms. The zero-order valence-corrected chi connectivity index (χ0v) is 23.4. The molecule has 3 atom stereocenters. The molecule has 2 heterocycles. The second kappa shape index (κ2) is 11.0. The van der Waals surface area contributed by atoms with Crippen molar-refractivity contribution in [2.45, 2.75) is 51.7 Å². The molecule has 2 aliphatic rings. The van der Waals surface area contributed by atoms with Crippen LogP contribution in [0.5, 0.6) is 5.75 Å². The highest BCUT2D eigenvalue weighted by atomic mass is 28.4. The van der Waals surface area contributed by atoms with E-state index in [0.29, 0.717) is 28.9 Å². The zero-order valence-electron chi connectivity index (χ0n) is 22.4. The fourth-order valence-electron chi connectivity index (χ4n) is 4.95. The first-order valence-corrected chi connectivity index (χ1v) is 15.9. The molecule has 206 valence electrons. The molecular formula is C27H31N3O8Si. The van der Waals surface area contributed by atoms with Gasteiger partial charge in [0, 0.05) is 19.2 Å². The molecule has 2 aliphatic heterocycles. The van der Waals surface area contributed by atoms with Crippen molar-refractivity contribution in [2.75, 3.05) is 7.05 Å². The summed E-state index contributed by atoms with van der Waals surface area (Å²) in [4.78, 5) is 50.2. The van der Waals surface area contributed by atoms with Crippen molar-refractivity contribution < 1.29 is 33.2 Å². The molecule has 0 saturated carbocycles. The molecule has 1 fully saturated rings. The van der Waals surface area contributed by atoms with Crippen LogP contribution < -0.4 is 10.1 Å². The van der Waals surface area contributed by atoms with Crippen molar-refractivity contribution >= 4 is 37.5 Å². The number of esters is 1. The molecule has 0 aliphatic carbocycles. The van der Waals surface area contributed by atoms with E-state index in [9.17, 15) is 24.5 Å². The number of benzene rings is 2. The molecule has 0 aromatic heterocycles. The number of β-lactam (4-membered cyclic amide) rings is 1. The number of nitrogens with zero attached hydrogens (tertiary/aromatic N) is 2. The van der Waals surface area contributed by atoms with E-state index in [0.717, 1.165) is 0 Å². The summed E-state index contributed by atoms with van der Waals surface area (Å²) in [5.74, 6) is -0.916. The van der Waals surface area contributed by atoms with Crippen LogP contribution in [0, 0.1) is 16.0 Å². The van der Waals surface area contributed by atoms with Gasteiger partial charge in [0.25, 0.3) is 5.69 Å². The lowest BCUT2D eigenvalue weighted by Gasteiger charge is -2.47. The summed E-state index contributed by atoms with van der Waals surface area (Å²) >= 11 is 0. The normalized spacial score (nSPS) is 19.2. The molecule has 4 rings (SSSR count). The highest BCUT2D eigenvalue weighted by Crippen LogP contribution is 2.48. The lowest BCUT2D eigenvalue weighted by molar-refractivity contribution is -0.384. The summed E-state index contributed by atoms with van der Waals surface area (Å²) in [6, 6.07) is 12.1. The van der Waals surface area contributed by atoms with E-state index in [1.807, 2.05) is 6.92 Å². The van der Waals surface area contributed by atoms with E-state index in [1.54, 1.807) is 24.3 Å². The zero-order chi connectivity index (χ0) is 28.5. The Morgan fingerprint density at radius 1 is 1.13 bits per heavy atom. The number of nitro benzene ring substituents is 1. The van der Waals surface area contributed by atoms with Gasteiger partial charge in [0.2, 0.25) is 5.91 Å². The fraction of sp³-hybridized carbons (Fsp3) is 0.370. The first-order chi connectivity index (χ1) is 18.4. The van der Waals surface area contributed by atoms with Crippen molar-refractivity contribution in [2.24, 2.45) is 5.92 Å². The average Bonchev–Trinajstić information content (AvgIpc) is 3.22. The number of carbonyl (C=O) groups excluding carboxylic acids is 3. The van der Waals surface area contributed by atoms with Gasteiger partial charge in [-0.3, -0.25) is 14.9 Å². The van der Waals surface area contributed by atoms with Gasteiger partial charge in [0.05, 0.1) is 23.0 Å². The summed E-state index contributed by atoms with van der Waals surface area (Å²) in [7, 11) is -0.450. The first-order valence-electron chi connectivity index (χ1n) is 12.5. The average molecular weight is 554 g/mol. The summed E-state index contributed by atoms with van der Waals surface area (Å²) in [5, 5.41) is 13.3. The number of carbonyl (C=O) groups is 3. The van der Waals surface area contributed by atoms with Crippen molar-refractivity contribution in [3.63, 3.8) is 0 Å². The summed E-state index contributed by atoms with van der Waals surface area (Å²) in [5.41, 5.74) is 2.02. The second-order valence-electron chi connectivity index (χ2n) is 10.4. The lowest BCUT2D eigenvalue weighted by atomic mass is 9.82. The van der Waals surface area contributed by atoms with Crippen LogP contribution in [0.4, 0.5) is 10.5 Å². The third kappa shape index (κ3) is 6.01. The van der Waals surface area contributed by atoms with E-state index >= 15 is 0 Å². The van der Waals surface area contributed by atoms with Gasteiger partial charge in [0.1, 0.15) is 18.1 Å². The monoisotopic (exact) mass is 553 g/mol. The highest BCUT2D eigenvalue weighted by Gasteiger charge is 2.57. The molecule has 0 spiro atoms. The quantitative estimate of drug-likeness (QED) is 0.160. The molecule has 12 heteroatoms. The Morgan fingerprint density at radius 2 is 1.77 bits per heavy atom. The van der Waals surface area contributed by atoms with Crippen molar-refractivity contribution in [1.82, 2.24) is 10.2 Å². The summed E-state index contributed by atoms with van der Waals surface area (Å²) in [6.45, 7) is 7.97. The molecule has 2 aromatic rings. The maximum atomic E-state index is 13.4. The third-order valence-electron chi connectivity index (χ3n) is 6.58. The third-order valence-corrected chi connectivity index (χ3v) is 7.66. The highest BCUT2D eigenvalue weighted by molar-refractivity contribution is 6.69. The second-order valence-corrected chi connectivity index (χ2v) is 14.9. The molecule has 0 radical (unpaired) electrons. The molecule has 1 N–H and O–H groups in total. The largest absolute Gasteiger partial charge is 0.456 e. The molecular weight excluding hydrogens is 522 g/mol. The maximum Gasteiger partial charge on any atom is 0.412 e. The maximum absolute atomic E-state index is 13.4. The predicted molar refractivity (Wildman–Crippen MR) is 144 cm³/mol. The number of amides is 2. The molecule has 11 nitrogen and oxygen atoms in total. The minimum absolute atomic E-state index is 0.0653. The molecule has 0 bridgehead atoms. The number of non-ortho nitro benzene ring substituents is 1. The Labute approximate surface area is 227 Å². The molecule has 0 unspecified atom stereocenters. The number of nitro groups is 1. The number of rotatable bonds is 9. The van der Waals surface area contributed by atoms with Crippen molar-refractivity contribution in [1.29, 1.82) is 0 Å². The van der Waals surface area contributed by atoms with Crippen LogP contribution in [-0.2, 0) is 25.4 Å². The standard InChI is InChI=1S/C27H31N3O8Si/c1-16(38-39(3,4)5)23-22-14-21(18-8-12-20(13-9-18)37-27(33)28-2)24(29(22)25(23)31)26(32)36-15-17-6-10-19(11-7-17)30(34)35/h6-13,16,22-23H,14-15H2,1-5H3,(H,28,33)/t16-,22-,23-/m1/s1. The molecule has 2 aromatic carbocycles. The number of hydrogen-bond acceptors (Lipinski definition) is 8. The van der Waals surface area contributed by atoms with Crippen molar-refractivity contribution in [3.05, 3.63) is 75.5 Å². The number of hydrogen-bond donors (Lipinski definition) is 1. The van der Waals surface area contributed by atoms with Gasteiger partial charge in [-0.25, -0.2) is 9.59 Å². The Kier molecular flexibility index (Phi) is 7.88. The summed E-state index contributed by atoms with van der Waals surface area (Å²) < 4.78 is 16.9. The fourth-order valence-corrected chi connectivity index (χ4v) is 6.21. The number of nitrogens with one attached hydrogen (secondary N) is 1. The van der Waals surface area contributed by atoms with Crippen LogP contribution >= 0.6 is 0 Å².